The Morgan fingerprint density at radius 3 is 2.38 bits per heavy atom. The van der Waals surface area contributed by atoms with Crippen molar-refractivity contribution in [3.05, 3.63) is 56.7 Å². The number of nitrogens with zero attached hydrogens (tertiary/aromatic N) is 1. The van der Waals surface area contributed by atoms with Gasteiger partial charge in [0.2, 0.25) is 0 Å². The van der Waals surface area contributed by atoms with Gasteiger partial charge in [-0.05, 0) is 81.1 Å². The van der Waals surface area contributed by atoms with Gasteiger partial charge in [-0.3, -0.25) is 4.98 Å². The molecule has 0 spiro atoms. The summed E-state index contributed by atoms with van der Waals surface area (Å²) in [4.78, 5) is 4.04. The highest BCUT2D eigenvalue weighted by molar-refractivity contribution is 9.11. The molecule has 0 aliphatic carbocycles. The number of ether oxygens (including phenoxy) is 1. The number of halogens is 2. The molecular formula is C16H18Br2N2O. The van der Waals surface area contributed by atoms with Crippen molar-refractivity contribution in [2.24, 2.45) is 0 Å². The first-order chi connectivity index (χ1) is 10.1. The third-order valence-electron chi connectivity index (χ3n) is 3.17. The smallest absolute Gasteiger partial charge is 0.147 e. The summed E-state index contributed by atoms with van der Waals surface area (Å²) in [5.41, 5.74) is 2.42. The molecule has 2 rings (SSSR count). The fourth-order valence-electron chi connectivity index (χ4n) is 2.04. The zero-order valence-corrected chi connectivity index (χ0v) is 15.2. The lowest BCUT2D eigenvalue weighted by atomic mass is 10.1. The molecule has 1 N–H and O–H groups in total. The monoisotopic (exact) mass is 412 g/mol. The van der Waals surface area contributed by atoms with Crippen molar-refractivity contribution in [3.8, 4) is 5.75 Å². The Kier molecular flexibility index (Phi) is 6.21. The predicted octanol–water partition coefficient (Wildman–Crippen LogP) is 4.86. The van der Waals surface area contributed by atoms with Crippen LogP contribution in [0.4, 0.5) is 0 Å². The summed E-state index contributed by atoms with van der Waals surface area (Å²) in [7, 11) is 0. The Labute approximate surface area is 142 Å². The van der Waals surface area contributed by atoms with Gasteiger partial charge in [-0.25, -0.2) is 0 Å². The molecule has 0 bridgehead atoms. The fourth-order valence-corrected chi connectivity index (χ4v) is 3.55. The highest BCUT2D eigenvalue weighted by atomic mass is 79.9. The van der Waals surface area contributed by atoms with Crippen LogP contribution in [0.1, 0.15) is 31.0 Å². The maximum Gasteiger partial charge on any atom is 0.147 e. The van der Waals surface area contributed by atoms with E-state index in [1.807, 2.05) is 31.5 Å². The zero-order chi connectivity index (χ0) is 15.2. The third-order valence-corrected chi connectivity index (χ3v) is 4.34. The minimum Gasteiger partial charge on any atom is -0.492 e. The van der Waals surface area contributed by atoms with Crippen molar-refractivity contribution < 1.29 is 4.74 Å². The molecule has 21 heavy (non-hydrogen) atoms. The molecule has 0 saturated heterocycles. The van der Waals surface area contributed by atoms with Gasteiger partial charge in [0, 0.05) is 25.0 Å². The van der Waals surface area contributed by atoms with Crippen LogP contribution >= 0.6 is 31.9 Å². The summed E-state index contributed by atoms with van der Waals surface area (Å²) < 4.78 is 7.53. The number of aromatic nitrogens is 1. The second kappa shape index (κ2) is 7.92. The van der Waals surface area contributed by atoms with E-state index in [1.54, 1.807) is 0 Å². The van der Waals surface area contributed by atoms with E-state index in [2.05, 4.69) is 61.2 Å². The molecule has 112 valence electrons. The van der Waals surface area contributed by atoms with Crippen molar-refractivity contribution in [1.29, 1.82) is 0 Å². The van der Waals surface area contributed by atoms with Crippen molar-refractivity contribution in [2.45, 2.75) is 26.4 Å². The minimum atomic E-state index is 0.275. The Morgan fingerprint density at radius 2 is 1.81 bits per heavy atom. The van der Waals surface area contributed by atoms with Crippen LogP contribution in [0.5, 0.6) is 5.75 Å². The summed E-state index contributed by atoms with van der Waals surface area (Å²) in [5, 5.41) is 3.51. The fraction of sp³-hybridized carbons (Fsp3) is 0.312. The molecule has 5 heteroatoms. The van der Waals surface area contributed by atoms with Crippen molar-refractivity contribution >= 4 is 31.9 Å². The maximum absolute atomic E-state index is 5.60. The first-order valence-corrected chi connectivity index (χ1v) is 8.44. The normalized spacial score (nSPS) is 12.2. The Hall–Kier alpha value is -0.910. The number of hydrogen-bond acceptors (Lipinski definition) is 3. The van der Waals surface area contributed by atoms with E-state index < -0.39 is 0 Å². The SMILES string of the molecule is CCOc1c(Br)cc(CN[C@H](C)c2ccncc2)cc1Br. The van der Waals surface area contributed by atoms with Gasteiger partial charge in [-0.1, -0.05) is 0 Å². The molecule has 3 nitrogen and oxygen atoms in total. The summed E-state index contributed by atoms with van der Waals surface area (Å²) in [6.45, 7) is 5.56. The summed E-state index contributed by atoms with van der Waals surface area (Å²) in [6.07, 6.45) is 3.63. The van der Waals surface area contributed by atoms with Crippen LogP contribution < -0.4 is 10.1 Å². The minimum absolute atomic E-state index is 0.275. The number of hydrogen-bond donors (Lipinski definition) is 1. The quantitative estimate of drug-likeness (QED) is 0.734. The summed E-state index contributed by atoms with van der Waals surface area (Å²) in [6, 6.07) is 8.50. The van der Waals surface area contributed by atoms with Gasteiger partial charge in [0.25, 0.3) is 0 Å². The van der Waals surface area contributed by atoms with Gasteiger partial charge in [0.15, 0.2) is 0 Å². The van der Waals surface area contributed by atoms with Crippen LogP contribution in [0.2, 0.25) is 0 Å². The second-order valence-electron chi connectivity index (χ2n) is 4.70. The molecule has 0 fully saturated rings. The number of pyridine rings is 1. The van der Waals surface area contributed by atoms with E-state index in [0.717, 1.165) is 21.2 Å². The Balaban J connectivity index is 2.04. The van der Waals surface area contributed by atoms with Crippen LogP contribution in [0.15, 0.2) is 45.6 Å². The molecule has 1 aromatic carbocycles. The van der Waals surface area contributed by atoms with E-state index in [1.165, 1.54) is 11.1 Å². The Bertz CT molecular complexity index is 567. The lowest BCUT2D eigenvalue weighted by Gasteiger charge is -2.15. The van der Waals surface area contributed by atoms with Gasteiger partial charge < -0.3 is 10.1 Å². The van der Waals surface area contributed by atoms with Crippen LogP contribution in [0.3, 0.4) is 0 Å². The molecule has 0 radical (unpaired) electrons. The number of rotatable bonds is 6. The van der Waals surface area contributed by atoms with Gasteiger partial charge in [-0.2, -0.15) is 0 Å². The topological polar surface area (TPSA) is 34.1 Å². The summed E-state index contributed by atoms with van der Waals surface area (Å²) >= 11 is 7.12. The molecule has 1 atom stereocenters. The van der Waals surface area contributed by atoms with Crippen LogP contribution in [-0.4, -0.2) is 11.6 Å². The third kappa shape index (κ3) is 4.53. The largest absolute Gasteiger partial charge is 0.492 e. The van der Waals surface area contributed by atoms with E-state index in [9.17, 15) is 0 Å². The zero-order valence-electron chi connectivity index (χ0n) is 12.1. The summed E-state index contributed by atoms with van der Waals surface area (Å²) in [5.74, 6) is 0.850. The van der Waals surface area contributed by atoms with Crippen LogP contribution in [0, 0.1) is 0 Å². The standard InChI is InChI=1S/C16H18Br2N2O/c1-3-21-16-14(17)8-12(9-15(16)18)10-20-11(2)13-4-6-19-7-5-13/h4-9,11,20H,3,10H2,1-2H3/t11-/m1/s1. The van der Waals surface area contributed by atoms with Crippen LogP contribution in [0.25, 0.3) is 0 Å². The van der Waals surface area contributed by atoms with E-state index in [-0.39, 0.29) is 6.04 Å². The predicted molar refractivity (Wildman–Crippen MR) is 92.5 cm³/mol. The maximum atomic E-state index is 5.60. The van der Waals surface area contributed by atoms with E-state index in [0.29, 0.717) is 6.61 Å². The number of nitrogens with one attached hydrogen (secondary N) is 1. The highest BCUT2D eigenvalue weighted by Gasteiger charge is 2.10. The first kappa shape index (κ1) is 16.5. The lowest BCUT2D eigenvalue weighted by Crippen LogP contribution is -2.18. The Morgan fingerprint density at radius 1 is 1.19 bits per heavy atom. The molecule has 2 aromatic rings. The molecule has 0 saturated carbocycles. The highest BCUT2D eigenvalue weighted by Crippen LogP contribution is 2.34. The molecule has 0 aliphatic rings. The molecule has 0 aliphatic heterocycles. The second-order valence-corrected chi connectivity index (χ2v) is 6.41. The van der Waals surface area contributed by atoms with Crippen molar-refractivity contribution in [3.63, 3.8) is 0 Å². The molecule has 0 amide bonds. The van der Waals surface area contributed by atoms with E-state index in [4.69, 9.17) is 4.74 Å². The molecule has 1 aromatic heterocycles. The van der Waals surface area contributed by atoms with Crippen LogP contribution in [-0.2, 0) is 6.54 Å². The van der Waals surface area contributed by atoms with Gasteiger partial charge in [-0.15, -0.1) is 0 Å². The molecule has 0 unspecified atom stereocenters. The van der Waals surface area contributed by atoms with Gasteiger partial charge >= 0.3 is 0 Å². The van der Waals surface area contributed by atoms with Crippen molar-refractivity contribution in [1.82, 2.24) is 10.3 Å². The van der Waals surface area contributed by atoms with Crippen molar-refractivity contribution in [2.75, 3.05) is 6.61 Å². The molecular weight excluding hydrogens is 396 g/mol. The molecule has 1 heterocycles. The van der Waals surface area contributed by atoms with Gasteiger partial charge in [0.1, 0.15) is 5.75 Å². The van der Waals surface area contributed by atoms with Gasteiger partial charge in [0.05, 0.1) is 15.6 Å². The number of benzene rings is 1. The average molecular weight is 414 g/mol. The van der Waals surface area contributed by atoms with E-state index >= 15 is 0 Å². The first-order valence-electron chi connectivity index (χ1n) is 6.85. The lowest BCUT2D eigenvalue weighted by molar-refractivity contribution is 0.336. The average Bonchev–Trinajstić information content (AvgIpc) is 2.49.